The van der Waals surface area contributed by atoms with Crippen LogP contribution in [0.5, 0.6) is 11.5 Å². The predicted molar refractivity (Wildman–Crippen MR) is 85.8 cm³/mol. The number of hydrogen-bond acceptors (Lipinski definition) is 4. The van der Waals surface area contributed by atoms with Gasteiger partial charge >= 0.3 is 0 Å². The van der Waals surface area contributed by atoms with Gasteiger partial charge in [0.25, 0.3) is 0 Å². The number of aliphatic hydroxyl groups excluding tert-OH is 1. The molecular weight excluding hydrogens is 266 g/mol. The molecule has 0 aliphatic rings. The van der Waals surface area contributed by atoms with Gasteiger partial charge in [0.05, 0.1) is 19.8 Å². The highest BCUT2D eigenvalue weighted by atomic mass is 16.5. The van der Waals surface area contributed by atoms with Crippen LogP contribution < -0.4 is 15.2 Å². The molecule has 0 spiro atoms. The Kier molecular flexibility index (Phi) is 7.54. The highest BCUT2D eigenvalue weighted by Gasteiger charge is 2.29. The highest BCUT2D eigenvalue weighted by molar-refractivity contribution is 5.39. The van der Waals surface area contributed by atoms with Gasteiger partial charge in [-0.05, 0) is 37.8 Å². The number of nitrogens with two attached hydrogens (primary N) is 1. The first kappa shape index (κ1) is 17.8. The summed E-state index contributed by atoms with van der Waals surface area (Å²) < 4.78 is 11.4. The Morgan fingerprint density at radius 3 is 2.29 bits per heavy atom. The molecule has 1 aromatic rings. The van der Waals surface area contributed by atoms with Crippen LogP contribution in [0.25, 0.3) is 0 Å². The number of ether oxygens (including phenoxy) is 2. The summed E-state index contributed by atoms with van der Waals surface area (Å²) in [7, 11) is 0. The van der Waals surface area contributed by atoms with E-state index in [4.69, 9.17) is 15.2 Å². The summed E-state index contributed by atoms with van der Waals surface area (Å²) in [5.74, 6) is 2.00. The van der Waals surface area contributed by atoms with Crippen LogP contribution in [0.4, 0.5) is 0 Å². The molecule has 0 aliphatic heterocycles. The molecule has 0 aliphatic carbocycles. The van der Waals surface area contributed by atoms with E-state index in [-0.39, 0.29) is 12.0 Å². The number of benzene rings is 1. The molecule has 4 nitrogen and oxygen atoms in total. The van der Waals surface area contributed by atoms with E-state index < -0.39 is 0 Å². The molecule has 0 amide bonds. The molecule has 0 saturated carbocycles. The second kappa shape index (κ2) is 8.90. The molecule has 120 valence electrons. The second-order valence-electron chi connectivity index (χ2n) is 5.94. The maximum absolute atomic E-state index is 9.70. The van der Waals surface area contributed by atoms with Crippen LogP contribution in [0.15, 0.2) is 24.3 Å². The summed E-state index contributed by atoms with van der Waals surface area (Å²) in [4.78, 5) is 0. The summed E-state index contributed by atoms with van der Waals surface area (Å²) in [5.41, 5.74) is 5.63. The Hall–Kier alpha value is -1.26. The molecular formula is C17H29NO3. The first-order valence-electron chi connectivity index (χ1n) is 7.72. The fourth-order valence-corrected chi connectivity index (χ4v) is 2.58. The lowest BCUT2D eigenvalue weighted by Gasteiger charge is -2.32. The summed E-state index contributed by atoms with van der Waals surface area (Å²) in [5, 5.41) is 9.70. The molecule has 0 radical (unpaired) electrons. The zero-order valence-corrected chi connectivity index (χ0v) is 13.5. The predicted octanol–water partition coefficient (Wildman–Crippen LogP) is 2.84. The van der Waals surface area contributed by atoms with Crippen molar-refractivity contribution in [2.24, 2.45) is 17.1 Å². The van der Waals surface area contributed by atoms with Crippen LogP contribution in [-0.4, -0.2) is 31.5 Å². The number of para-hydroxylation sites is 2. The smallest absolute Gasteiger partial charge is 0.161 e. The molecule has 1 rings (SSSR count). The fraction of sp³-hybridized carbons (Fsp3) is 0.647. The normalized spacial score (nSPS) is 14.0. The van der Waals surface area contributed by atoms with Crippen molar-refractivity contribution >= 4 is 0 Å². The van der Waals surface area contributed by atoms with Gasteiger partial charge in [0.1, 0.15) is 0 Å². The lowest BCUT2D eigenvalue weighted by Crippen LogP contribution is -2.37. The minimum Gasteiger partial charge on any atom is -0.490 e. The lowest BCUT2D eigenvalue weighted by atomic mass is 9.78. The molecule has 1 aromatic carbocycles. The van der Waals surface area contributed by atoms with Crippen molar-refractivity contribution in [1.82, 2.24) is 0 Å². The molecule has 1 atom stereocenters. The van der Waals surface area contributed by atoms with Gasteiger partial charge in [-0.15, -0.1) is 0 Å². The number of rotatable bonds is 10. The molecule has 21 heavy (non-hydrogen) atoms. The Labute approximate surface area is 128 Å². The van der Waals surface area contributed by atoms with Gasteiger partial charge in [0.2, 0.25) is 0 Å². The van der Waals surface area contributed by atoms with Crippen molar-refractivity contribution in [3.8, 4) is 11.5 Å². The molecule has 0 aromatic heterocycles. The zero-order valence-electron chi connectivity index (χ0n) is 13.5. The van der Waals surface area contributed by atoms with Crippen molar-refractivity contribution in [3.05, 3.63) is 24.3 Å². The zero-order chi connectivity index (χ0) is 15.7. The minimum absolute atomic E-state index is 0.0954. The minimum atomic E-state index is -0.255. The second-order valence-corrected chi connectivity index (χ2v) is 5.94. The van der Waals surface area contributed by atoms with Crippen LogP contribution in [0.3, 0.4) is 0 Å². The average molecular weight is 295 g/mol. The molecule has 0 bridgehead atoms. The quantitative estimate of drug-likeness (QED) is 0.696. The van der Waals surface area contributed by atoms with Gasteiger partial charge in [-0.2, -0.15) is 0 Å². The topological polar surface area (TPSA) is 64.7 Å². The van der Waals surface area contributed by atoms with Crippen LogP contribution in [-0.2, 0) is 0 Å². The third-order valence-corrected chi connectivity index (χ3v) is 3.65. The first-order chi connectivity index (χ1) is 10.1. The van der Waals surface area contributed by atoms with E-state index in [1.165, 1.54) is 0 Å². The lowest BCUT2D eigenvalue weighted by molar-refractivity contribution is 0.0809. The third-order valence-electron chi connectivity index (χ3n) is 3.65. The highest BCUT2D eigenvalue weighted by Crippen LogP contribution is 2.31. The molecule has 3 N–H and O–H groups in total. The first-order valence-corrected chi connectivity index (χ1v) is 7.72. The van der Waals surface area contributed by atoms with E-state index in [9.17, 15) is 5.11 Å². The van der Waals surface area contributed by atoms with Crippen molar-refractivity contribution in [2.45, 2.75) is 33.6 Å². The number of aliphatic hydroxyl groups is 1. The SMILES string of the molecule is CCOc1ccccc1OCCC(CN)(CO)CC(C)C. The molecule has 4 heteroatoms. The fourth-order valence-electron chi connectivity index (χ4n) is 2.58. The molecule has 0 heterocycles. The standard InChI is InChI=1S/C17H29NO3/c1-4-20-15-7-5-6-8-16(15)21-10-9-17(12-18,13-19)11-14(2)3/h5-8,14,19H,4,9-13,18H2,1-3H3. The van der Waals surface area contributed by atoms with Crippen molar-refractivity contribution in [1.29, 1.82) is 0 Å². The largest absolute Gasteiger partial charge is 0.490 e. The summed E-state index contributed by atoms with van der Waals surface area (Å²) in [6.07, 6.45) is 1.63. The Bertz CT molecular complexity index is 403. The van der Waals surface area contributed by atoms with Gasteiger partial charge in [-0.3, -0.25) is 0 Å². The van der Waals surface area contributed by atoms with E-state index in [1.54, 1.807) is 0 Å². The van der Waals surface area contributed by atoms with E-state index in [0.29, 0.717) is 25.7 Å². The molecule has 0 fully saturated rings. The summed E-state index contributed by atoms with van der Waals surface area (Å²) in [6.45, 7) is 7.93. The van der Waals surface area contributed by atoms with E-state index in [1.807, 2.05) is 31.2 Å². The van der Waals surface area contributed by atoms with Crippen LogP contribution in [0.2, 0.25) is 0 Å². The van der Waals surface area contributed by atoms with E-state index in [0.717, 1.165) is 24.3 Å². The average Bonchev–Trinajstić information content (AvgIpc) is 2.48. The monoisotopic (exact) mass is 295 g/mol. The number of hydrogen-bond donors (Lipinski definition) is 2. The van der Waals surface area contributed by atoms with Crippen LogP contribution >= 0.6 is 0 Å². The third kappa shape index (κ3) is 5.56. The summed E-state index contributed by atoms with van der Waals surface area (Å²) in [6, 6.07) is 7.65. The van der Waals surface area contributed by atoms with Crippen LogP contribution in [0.1, 0.15) is 33.6 Å². The van der Waals surface area contributed by atoms with E-state index >= 15 is 0 Å². The Balaban J connectivity index is 2.62. The van der Waals surface area contributed by atoms with Gasteiger partial charge in [-0.1, -0.05) is 26.0 Å². The van der Waals surface area contributed by atoms with Gasteiger partial charge in [0, 0.05) is 12.0 Å². The van der Waals surface area contributed by atoms with Crippen molar-refractivity contribution in [2.75, 3.05) is 26.4 Å². The van der Waals surface area contributed by atoms with Gasteiger partial charge in [-0.25, -0.2) is 0 Å². The van der Waals surface area contributed by atoms with Crippen LogP contribution in [0, 0.1) is 11.3 Å². The molecule has 1 unspecified atom stereocenters. The van der Waals surface area contributed by atoms with Crippen molar-refractivity contribution in [3.63, 3.8) is 0 Å². The Morgan fingerprint density at radius 2 is 1.81 bits per heavy atom. The Morgan fingerprint density at radius 1 is 1.19 bits per heavy atom. The maximum atomic E-state index is 9.70. The van der Waals surface area contributed by atoms with Crippen molar-refractivity contribution < 1.29 is 14.6 Å². The summed E-state index contributed by atoms with van der Waals surface area (Å²) >= 11 is 0. The van der Waals surface area contributed by atoms with Gasteiger partial charge in [0.15, 0.2) is 11.5 Å². The van der Waals surface area contributed by atoms with Gasteiger partial charge < -0.3 is 20.3 Å². The maximum Gasteiger partial charge on any atom is 0.161 e. The molecule has 0 saturated heterocycles. The van der Waals surface area contributed by atoms with E-state index in [2.05, 4.69) is 13.8 Å².